The van der Waals surface area contributed by atoms with Crippen LogP contribution in [-0.4, -0.2) is 23.5 Å². The molecule has 0 aromatic heterocycles. The Bertz CT molecular complexity index is 337. The molecule has 0 saturated carbocycles. The third-order valence-electron chi connectivity index (χ3n) is 1.65. The van der Waals surface area contributed by atoms with Crippen molar-refractivity contribution in [1.29, 1.82) is 0 Å². The molecule has 1 unspecified atom stereocenters. The van der Waals surface area contributed by atoms with Gasteiger partial charge in [0.25, 0.3) is 7.37 Å². The maximum atomic E-state index is 11.3. The fourth-order valence-corrected chi connectivity index (χ4v) is 1.72. The van der Waals surface area contributed by atoms with Crippen LogP contribution in [0.2, 0.25) is 0 Å². The Hall–Kier alpha value is -0.830. The van der Waals surface area contributed by atoms with Crippen molar-refractivity contribution in [3.8, 4) is 5.75 Å². The summed E-state index contributed by atoms with van der Waals surface area (Å²) in [5.41, 5.74) is 0. The molecule has 2 N–H and O–H groups in total. The molecule has 1 aromatic carbocycles. The van der Waals surface area contributed by atoms with Crippen LogP contribution in [0.3, 0.4) is 0 Å². The van der Waals surface area contributed by atoms with Gasteiger partial charge in [-0.2, -0.15) is 0 Å². The summed E-state index contributed by atoms with van der Waals surface area (Å²) in [5.74, 6) is 0.500. The quantitative estimate of drug-likeness (QED) is 0.702. The Balaban J connectivity index is 3.09. The van der Waals surface area contributed by atoms with E-state index in [2.05, 4.69) is 0 Å². The number of hydrogen-bond acceptors (Lipinski definition) is 3. The summed E-state index contributed by atoms with van der Waals surface area (Å²) in [7, 11) is -2.12. The number of rotatable bonds is 3. The molecule has 1 atom stereocenters. The summed E-state index contributed by atoms with van der Waals surface area (Å²) in [6.45, 7) is 0. The van der Waals surface area contributed by atoms with Gasteiger partial charge in [-0.25, -0.2) is 0 Å². The average Bonchev–Trinajstić information content (AvgIpc) is 2.18. The van der Waals surface area contributed by atoms with E-state index in [0.717, 1.165) is 0 Å². The molecule has 5 heteroatoms. The molecular formula is C8H11O4P. The maximum Gasteiger partial charge on any atom is 0.254 e. The summed E-state index contributed by atoms with van der Waals surface area (Å²) < 4.78 is 16.2. The fraction of sp³-hybridized carbons (Fsp3) is 0.250. The molecule has 0 aliphatic carbocycles. The van der Waals surface area contributed by atoms with Gasteiger partial charge < -0.3 is 14.7 Å². The number of aliphatic hydroxyl groups excluding tert-OH is 1. The normalized spacial score (nSPS) is 15.0. The van der Waals surface area contributed by atoms with E-state index in [4.69, 9.17) is 9.84 Å². The van der Waals surface area contributed by atoms with Gasteiger partial charge >= 0.3 is 0 Å². The lowest BCUT2D eigenvalue weighted by atomic mass is 10.3. The van der Waals surface area contributed by atoms with E-state index in [1.807, 2.05) is 0 Å². The van der Waals surface area contributed by atoms with Crippen molar-refractivity contribution in [3.05, 3.63) is 24.3 Å². The second-order valence-electron chi connectivity index (χ2n) is 2.54. The average molecular weight is 202 g/mol. The predicted octanol–water partition coefficient (Wildman–Crippen LogP) is 0.541. The van der Waals surface area contributed by atoms with Crippen molar-refractivity contribution < 1.29 is 19.3 Å². The van der Waals surface area contributed by atoms with E-state index in [0.29, 0.717) is 5.75 Å². The molecule has 0 fully saturated rings. The van der Waals surface area contributed by atoms with Crippen molar-refractivity contribution in [2.24, 2.45) is 0 Å². The van der Waals surface area contributed by atoms with Gasteiger partial charge in [-0.05, 0) is 18.2 Å². The molecule has 0 aliphatic heterocycles. The smallest absolute Gasteiger partial charge is 0.254 e. The van der Waals surface area contributed by atoms with Crippen LogP contribution in [-0.2, 0) is 4.57 Å². The van der Waals surface area contributed by atoms with E-state index < -0.39 is 13.7 Å². The Kier molecular flexibility index (Phi) is 3.09. The zero-order chi connectivity index (χ0) is 9.90. The van der Waals surface area contributed by atoms with Crippen molar-refractivity contribution in [2.75, 3.05) is 13.5 Å². The summed E-state index contributed by atoms with van der Waals surface area (Å²) in [5, 5.41) is 8.86. The number of ether oxygens (including phenoxy) is 1. The summed E-state index contributed by atoms with van der Waals surface area (Å²) in [6.07, 6.45) is -0.750. The van der Waals surface area contributed by atoms with Crippen LogP contribution in [0.1, 0.15) is 0 Å². The van der Waals surface area contributed by atoms with Gasteiger partial charge in [-0.15, -0.1) is 0 Å². The standard InChI is InChI=1S/C8H11O4P/c1-12-7-3-2-4-8(5-7)13(10,11)6-9/h2-5,9H,6H2,1H3,(H,10,11). The van der Waals surface area contributed by atoms with E-state index in [9.17, 15) is 9.46 Å². The highest BCUT2D eigenvalue weighted by Gasteiger charge is 2.19. The maximum absolute atomic E-state index is 11.3. The van der Waals surface area contributed by atoms with Gasteiger partial charge in [-0.3, -0.25) is 4.57 Å². The minimum absolute atomic E-state index is 0.203. The molecule has 1 aromatic rings. The first-order chi connectivity index (χ1) is 6.10. The number of benzene rings is 1. The SMILES string of the molecule is COc1cccc(P(=O)(O)CO)c1. The lowest BCUT2D eigenvalue weighted by molar-refractivity contribution is 0.337. The highest BCUT2D eigenvalue weighted by Crippen LogP contribution is 2.38. The van der Waals surface area contributed by atoms with Gasteiger partial charge in [0.1, 0.15) is 12.1 Å². The molecule has 0 radical (unpaired) electrons. The molecule has 1 rings (SSSR count). The zero-order valence-corrected chi connectivity index (χ0v) is 8.07. The number of aliphatic hydroxyl groups is 1. The van der Waals surface area contributed by atoms with E-state index >= 15 is 0 Å². The fourth-order valence-electron chi connectivity index (χ4n) is 0.909. The molecule has 0 amide bonds. The Morgan fingerprint density at radius 1 is 1.54 bits per heavy atom. The van der Waals surface area contributed by atoms with Gasteiger partial charge in [-0.1, -0.05) is 6.07 Å². The molecule has 0 aliphatic rings. The van der Waals surface area contributed by atoms with Crippen LogP contribution in [0, 0.1) is 0 Å². The van der Waals surface area contributed by atoms with Crippen LogP contribution in [0.25, 0.3) is 0 Å². The second kappa shape index (κ2) is 3.92. The van der Waals surface area contributed by atoms with Crippen LogP contribution in [0.5, 0.6) is 5.75 Å². The first-order valence-corrected chi connectivity index (χ1v) is 5.52. The molecule has 72 valence electrons. The molecule has 0 heterocycles. The number of hydrogen-bond donors (Lipinski definition) is 2. The van der Waals surface area contributed by atoms with Crippen molar-refractivity contribution in [1.82, 2.24) is 0 Å². The minimum Gasteiger partial charge on any atom is -0.497 e. The van der Waals surface area contributed by atoms with Gasteiger partial charge in [0, 0.05) is 5.30 Å². The highest BCUT2D eigenvalue weighted by atomic mass is 31.2. The van der Waals surface area contributed by atoms with Gasteiger partial charge in [0.05, 0.1) is 7.11 Å². The zero-order valence-electron chi connectivity index (χ0n) is 7.17. The Labute approximate surface area is 76.2 Å². The Morgan fingerprint density at radius 3 is 2.77 bits per heavy atom. The van der Waals surface area contributed by atoms with E-state index in [1.165, 1.54) is 19.2 Å². The molecule has 0 bridgehead atoms. The van der Waals surface area contributed by atoms with Gasteiger partial charge in [0.2, 0.25) is 0 Å². The third-order valence-corrected chi connectivity index (χ3v) is 3.12. The van der Waals surface area contributed by atoms with Gasteiger partial charge in [0.15, 0.2) is 0 Å². The summed E-state index contributed by atoms with van der Waals surface area (Å²) in [4.78, 5) is 9.26. The van der Waals surface area contributed by atoms with Crippen molar-refractivity contribution >= 4 is 12.7 Å². The topological polar surface area (TPSA) is 66.8 Å². The van der Waals surface area contributed by atoms with E-state index in [-0.39, 0.29) is 5.30 Å². The lowest BCUT2D eigenvalue weighted by Gasteiger charge is -2.09. The summed E-state index contributed by atoms with van der Waals surface area (Å²) in [6, 6.07) is 6.20. The second-order valence-corrected chi connectivity index (χ2v) is 4.75. The highest BCUT2D eigenvalue weighted by molar-refractivity contribution is 7.65. The van der Waals surface area contributed by atoms with E-state index in [1.54, 1.807) is 12.1 Å². The molecule has 4 nitrogen and oxygen atoms in total. The van der Waals surface area contributed by atoms with Crippen LogP contribution in [0.15, 0.2) is 24.3 Å². The molecule has 13 heavy (non-hydrogen) atoms. The predicted molar refractivity (Wildman–Crippen MR) is 49.5 cm³/mol. The summed E-state index contributed by atoms with van der Waals surface area (Å²) >= 11 is 0. The molecular weight excluding hydrogens is 191 g/mol. The van der Waals surface area contributed by atoms with Crippen molar-refractivity contribution in [2.45, 2.75) is 0 Å². The molecule has 0 saturated heterocycles. The first-order valence-electron chi connectivity index (χ1n) is 3.67. The minimum atomic E-state index is -3.59. The van der Waals surface area contributed by atoms with Crippen LogP contribution < -0.4 is 10.0 Å². The van der Waals surface area contributed by atoms with Crippen LogP contribution in [0.4, 0.5) is 0 Å². The Morgan fingerprint density at radius 2 is 2.23 bits per heavy atom. The first kappa shape index (κ1) is 10.3. The van der Waals surface area contributed by atoms with Crippen molar-refractivity contribution in [3.63, 3.8) is 0 Å². The number of methoxy groups -OCH3 is 1. The third kappa shape index (κ3) is 2.31. The monoisotopic (exact) mass is 202 g/mol. The lowest BCUT2D eigenvalue weighted by Crippen LogP contribution is -2.06. The molecule has 0 spiro atoms. The van der Waals surface area contributed by atoms with Crippen LogP contribution >= 0.6 is 7.37 Å². The largest absolute Gasteiger partial charge is 0.497 e.